The number of nitrogens with zero attached hydrogens (tertiary/aromatic N) is 1. The van der Waals surface area contributed by atoms with Crippen molar-refractivity contribution in [2.75, 3.05) is 6.54 Å². The lowest BCUT2D eigenvalue weighted by Gasteiger charge is -2.25. The van der Waals surface area contributed by atoms with Crippen molar-refractivity contribution < 1.29 is 26.7 Å². The summed E-state index contributed by atoms with van der Waals surface area (Å²) in [7, 11) is -8.29. The normalized spacial score (nSPS) is 15.8. The molecular weight excluding hydrogens is 356 g/mol. The number of carboxylic acids is 1. The first kappa shape index (κ1) is 18.8. The molecule has 0 aliphatic heterocycles. The second kappa shape index (κ2) is 6.79. The number of aliphatic carboxylic acids is 1. The summed E-state index contributed by atoms with van der Waals surface area (Å²) in [6.07, 6.45) is 1.43. The Bertz CT molecular complexity index is 829. The molecule has 0 saturated heterocycles. The fraction of sp³-hybridized carbons (Fsp3) is 0.500. The van der Waals surface area contributed by atoms with Crippen LogP contribution in [0.15, 0.2) is 34.1 Å². The third-order valence-electron chi connectivity index (χ3n) is 3.49. The van der Waals surface area contributed by atoms with Crippen molar-refractivity contribution in [3.63, 3.8) is 0 Å². The van der Waals surface area contributed by atoms with Gasteiger partial charge in [-0.25, -0.2) is 21.6 Å². The molecular formula is C14H20N2O6S2. The molecule has 1 saturated carbocycles. The molecule has 0 spiro atoms. The molecule has 8 nitrogen and oxygen atoms in total. The summed E-state index contributed by atoms with van der Waals surface area (Å²) >= 11 is 0. The van der Waals surface area contributed by atoms with Crippen LogP contribution in [0, 0.1) is 0 Å². The topological polar surface area (TPSA) is 121 Å². The fourth-order valence-electron chi connectivity index (χ4n) is 2.17. The lowest BCUT2D eigenvalue weighted by Crippen LogP contribution is -2.41. The molecule has 0 bridgehead atoms. The number of nitrogens with one attached hydrogen (secondary N) is 1. The van der Waals surface area contributed by atoms with Gasteiger partial charge in [0.05, 0.1) is 0 Å². The highest BCUT2D eigenvalue weighted by atomic mass is 32.2. The monoisotopic (exact) mass is 376 g/mol. The van der Waals surface area contributed by atoms with Crippen molar-refractivity contribution in [1.82, 2.24) is 9.03 Å². The minimum atomic E-state index is -4.29. The molecule has 0 unspecified atom stereocenters. The molecule has 1 fully saturated rings. The van der Waals surface area contributed by atoms with Crippen LogP contribution < -0.4 is 4.72 Å². The van der Waals surface area contributed by atoms with Gasteiger partial charge in [-0.2, -0.15) is 4.31 Å². The second-order valence-electron chi connectivity index (χ2n) is 5.88. The van der Waals surface area contributed by atoms with Crippen LogP contribution in [0.1, 0.15) is 26.7 Å². The number of sulfonamides is 2. The van der Waals surface area contributed by atoms with Crippen LogP contribution in [0.4, 0.5) is 0 Å². The van der Waals surface area contributed by atoms with Gasteiger partial charge in [0, 0.05) is 12.1 Å². The SMILES string of the molecule is CC(C)N(CC(=O)O)S(=O)(=O)c1ccccc1S(=O)(=O)NC1CC1. The van der Waals surface area contributed by atoms with Crippen molar-refractivity contribution in [2.45, 2.75) is 48.6 Å². The Morgan fingerprint density at radius 1 is 1.21 bits per heavy atom. The van der Waals surface area contributed by atoms with Gasteiger partial charge in [-0.3, -0.25) is 4.79 Å². The largest absolute Gasteiger partial charge is 0.480 e. The van der Waals surface area contributed by atoms with Gasteiger partial charge in [0.1, 0.15) is 16.3 Å². The van der Waals surface area contributed by atoms with Crippen molar-refractivity contribution in [3.05, 3.63) is 24.3 Å². The van der Waals surface area contributed by atoms with E-state index in [0.29, 0.717) is 12.8 Å². The number of carbonyl (C=O) groups is 1. The summed E-state index contributed by atoms with van der Waals surface area (Å²) in [5.74, 6) is -1.32. The van der Waals surface area contributed by atoms with E-state index in [4.69, 9.17) is 5.11 Å². The van der Waals surface area contributed by atoms with Gasteiger partial charge in [-0.15, -0.1) is 0 Å². The summed E-state index contributed by atoms with van der Waals surface area (Å²) < 4.78 is 53.8. The van der Waals surface area contributed by atoms with Gasteiger partial charge < -0.3 is 5.11 Å². The predicted octanol–water partition coefficient (Wildman–Crippen LogP) is 0.611. The highest BCUT2D eigenvalue weighted by molar-refractivity contribution is 7.92. The van der Waals surface area contributed by atoms with Crippen LogP contribution in [-0.2, 0) is 24.8 Å². The van der Waals surface area contributed by atoms with E-state index in [9.17, 15) is 21.6 Å². The number of hydrogen-bond donors (Lipinski definition) is 2. The summed E-state index contributed by atoms with van der Waals surface area (Å²) in [6.45, 7) is 2.31. The quantitative estimate of drug-likeness (QED) is 0.686. The molecule has 0 amide bonds. The van der Waals surface area contributed by atoms with Gasteiger partial charge in [-0.1, -0.05) is 12.1 Å². The molecule has 1 aromatic rings. The van der Waals surface area contributed by atoms with E-state index >= 15 is 0 Å². The molecule has 0 heterocycles. The fourth-order valence-corrected chi connectivity index (χ4v) is 5.87. The Labute approximate surface area is 141 Å². The Kier molecular flexibility index (Phi) is 5.33. The number of rotatable bonds is 8. The third-order valence-corrected chi connectivity index (χ3v) is 7.28. The molecule has 24 heavy (non-hydrogen) atoms. The molecule has 10 heteroatoms. The summed E-state index contributed by atoms with van der Waals surface area (Å²) in [4.78, 5) is 10.2. The second-order valence-corrected chi connectivity index (χ2v) is 9.42. The molecule has 1 aromatic carbocycles. The van der Waals surface area contributed by atoms with Crippen LogP contribution in [0.2, 0.25) is 0 Å². The maximum atomic E-state index is 12.8. The van der Waals surface area contributed by atoms with Crippen molar-refractivity contribution in [3.8, 4) is 0 Å². The van der Waals surface area contributed by atoms with Crippen LogP contribution in [0.25, 0.3) is 0 Å². The van der Waals surface area contributed by atoms with Crippen molar-refractivity contribution in [1.29, 1.82) is 0 Å². The minimum absolute atomic E-state index is 0.175. The minimum Gasteiger partial charge on any atom is -0.480 e. The summed E-state index contributed by atoms with van der Waals surface area (Å²) in [5.41, 5.74) is 0. The number of benzene rings is 1. The molecule has 1 aliphatic rings. The van der Waals surface area contributed by atoms with E-state index in [0.717, 1.165) is 4.31 Å². The standard InChI is InChI=1S/C14H20N2O6S2/c1-10(2)16(9-14(17)18)24(21,22)13-6-4-3-5-12(13)23(19,20)15-11-7-8-11/h3-6,10-11,15H,7-9H2,1-2H3,(H,17,18). The van der Waals surface area contributed by atoms with Gasteiger partial charge in [-0.05, 0) is 38.8 Å². The average molecular weight is 376 g/mol. The maximum absolute atomic E-state index is 12.8. The number of carboxylic acid groups (broad SMARTS) is 1. The van der Waals surface area contributed by atoms with Crippen LogP contribution >= 0.6 is 0 Å². The lowest BCUT2D eigenvalue weighted by molar-refractivity contribution is -0.137. The van der Waals surface area contributed by atoms with Gasteiger partial charge in [0.2, 0.25) is 20.0 Å². The highest BCUT2D eigenvalue weighted by Crippen LogP contribution is 2.28. The highest BCUT2D eigenvalue weighted by Gasteiger charge is 2.35. The van der Waals surface area contributed by atoms with Crippen LogP contribution in [0.3, 0.4) is 0 Å². The Balaban J connectivity index is 2.52. The summed E-state index contributed by atoms with van der Waals surface area (Å²) in [6, 6.07) is 4.40. The van der Waals surface area contributed by atoms with E-state index in [2.05, 4.69) is 4.72 Å². The van der Waals surface area contributed by atoms with E-state index in [1.165, 1.54) is 38.1 Å². The van der Waals surface area contributed by atoms with Crippen LogP contribution in [0.5, 0.6) is 0 Å². The first-order valence-electron chi connectivity index (χ1n) is 7.40. The molecule has 0 atom stereocenters. The first-order valence-corrected chi connectivity index (χ1v) is 10.3. The number of hydrogen-bond acceptors (Lipinski definition) is 5. The Morgan fingerprint density at radius 3 is 2.21 bits per heavy atom. The zero-order valence-corrected chi connectivity index (χ0v) is 15.0. The third kappa shape index (κ3) is 4.12. The van der Waals surface area contributed by atoms with Crippen molar-refractivity contribution >= 4 is 26.0 Å². The average Bonchev–Trinajstić information content (AvgIpc) is 3.27. The van der Waals surface area contributed by atoms with E-state index in [1.54, 1.807) is 0 Å². The van der Waals surface area contributed by atoms with Gasteiger partial charge >= 0.3 is 5.97 Å². The van der Waals surface area contributed by atoms with Gasteiger partial charge in [0.25, 0.3) is 0 Å². The van der Waals surface area contributed by atoms with Crippen molar-refractivity contribution in [2.24, 2.45) is 0 Å². The molecule has 0 aromatic heterocycles. The Morgan fingerprint density at radius 2 is 1.75 bits per heavy atom. The lowest BCUT2D eigenvalue weighted by atomic mass is 10.4. The zero-order chi connectivity index (χ0) is 18.1. The molecule has 2 N–H and O–H groups in total. The zero-order valence-electron chi connectivity index (χ0n) is 13.3. The van der Waals surface area contributed by atoms with E-state index in [1.807, 2.05) is 0 Å². The smallest absolute Gasteiger partial charge is 0.318 e. The molecule has 134 valence electrons. The molecule has 0 radical (unpaired) electrons. The summed E-state index contributed by atoms with van der Waals surface area (Å²) in [5, 5.41) is 8.96. The molecule has 2 rings (SSSR count). The maximum Gasteiger partial charge on any atom is 0.318 e. The first-order chi connectivity index (χ1) is 11.1. The Hall–Kier alpha value is -1.49. The van der Waals surface area contributed by atoms with Gasteiger partial charge in [0.15, 0.2) is 0 Å². The van der Waals surface area contributed by atoms with Crippen LogP contribution in [-0.4, -0.2) is 50.8 Å². The van der Waals surface area contributed by atoms with E-state index < -0.39 is 43.5 Å². The predicted molar refractivity (Wildman–Crippen MR) is 86.4 cm³/mol. The molecule has 1 aliphatic carbocycles. The van der Waals surface area contributed by atoms with E-state index in [-0.39, 0.29) is 10.9 Å².